The van der Waals surface area contributed by atoms with Gasteiger partial charge in [-0.2, -0.15) is 0 Å². The number of aliphatic hydroxyl groups excluding tert-OH is 1. The second-order valence-corrected chi connectivity index (χ2v) is 8.63. The summed E-state index contributed by atoms with van der Waals surface area (Å²) in [7, 11) is 0. The van der Waals surface area contributed by atoms with Crippen LogP contribution in [-0.2, 0) is 14.3 Å². The van der Waals surface area contributed by atoms with Crippen molar-refractivity contribution in [3.63, 3.8) is 0 Å². The van der Waals surface area contributed by atoms with E-state index in [1.165, 1.54) is 37.7 Å². The van der Waals surface area contributed by atoms with E-state index in [2.05, 4.69) is 17.4 Å². The third-order valence-corrected chi connectivity index (χ3v) is 6.42. The minimum atomic E-state index is -1.66. The highest BCUT2D eigenvalue weighted by Gasteiger charge is 2.39. The average molecular weight is 451 g/mol. The molecule has 4 rings (SSSR count). The van der Waals surface area contributed by atoms with Gasteiger partial charge >= 0.3 is 0 Å². The molecule has 174 valence electrons. The maximum atomic E-state index is 13.1. The van der Waals surface area contributed by atoms with Crippen LogP contribution in [0.2, 0.25) is 0 Å². The van der Waals surface area contributed by atoms with Crippen molar-refractivity contribution in [2.75, 3.05) is 23.4 Å². The third kappa shape index (κ3) is 5.23. The summed E-state index contributed by atoms with van der Waals surface area (Å²) in [4.78, 5) is 27.2. The Balaban J connectivity index is 1.40. The van der Waals surface area contributed by atoms with Crippen LogP contribution in [0.3, 0.4) is 0 Å². The minimum Gasteiger partial charge on any atom is -0.384 e. The Hall–Kier alpha value is -3.23. The molecule has 1 aliphatic carbocycles. The van der Waals surface area contributed by atoms with E-state index >= 15 is 0 Å². The van der Waals surface area contributed by atoms with E-state index < -0.39 is 24.0 Å². The van der Waals surface area contributed by atoms with E-state index in [0.717, 1.165) is 5.69 Å². The van der Waals surface area contributed by atoms with Gasteiger partial charge in [-0.05, 0) is 60.7 Å². The molecule has 2 atom stereocenters. The van der Waals surface area contributed by atoms with Crippen molar-refractivity contribution in [1.29, 1.82) is 5.41 Å². The highest BCUT2D eigenvalue weighted by atomic mass is 16.5. The number of nitrogens with two attached hydrogens (primary N) is 1. The summed E-state index contributed by atoms with van der Waals surface area (Å²) in [6.07, 6.45) is 3.29. The van der Waals surface area contributed by atoms with Crippen LogP contribution in [0.5, 0.6) is 0 Å². The molecule has 8 heteroatoms. The molecule has 1 unspecified atom stereocenters. The van der Waals surface area contributed by atoms with Crippen molar-refractivity contribution in [3.8, 4) is 0 Å². The number of nitrogen functional groups attached to an aromatic ring is 1. The van der Waals surface area contributed by atoms with Crippen LogP contribution in [0.4, 0.5) is 11.4 Å². The summed E-state index contributed by atoms with van der Waals surface area (Å²) in [5, 5.41) is 20.5. The molecule has 2 amide bonds. The molecule has 1 saturated carbocycles. The summed E-state index contributed by atoms with van der Waals surface area (Å²) in [5.41, 5.74) is 8.40. The molecule has 1 saturated heterocycles. The Morgan fingerprint density at radius 3 is 2.39 bits per heavy atom. The summed E-state index contributed by atoms with van der Waals surface area (Å²) >= 11 is 0. The number of hydrogen-bond acceptors (Lipinski definition) is 5. The molecule has 1 aliphatic heterocycles. The van der Waals surface area contributed by atoms with Crippen molar-refractivity contribution < 1.29 is 19.4 Å². The molecule has 5 N–H and O–H groups in total. The molecule has 8 nitrogen and oxygen atoms in total. The molecule has 33 heavy (non-hydrogen) atoms. The first-order valence-electron chi connectivity index (χ1n) is 11.4. The molecule has 0 aromatic heterocycles. The van der Waals surface area contributed by atoms with Crippen molar-refractivity contribution in [2.24, 2.45) is 5.73 Å². The SMILES string of the molecule is N=C(N)c1ccc(NC(=O)[C@H](O)C2OCCN(c3ccc(C4CCCCC4)cc3)C2=O)cc1. The van der Waals surface area contributed by atoms with Crippen molar-refractivity contribution in [2.45, 2.75) is 50.2 Å². The van der Waals surface area contributed by atoms with Gasteiger partial charge in [-0.15, -0.1) is 0 Å². The molecule has 2 aromatic carbocycles. The largest absolute Gasteiger partial charge is 0.384 e. The fourth-order valence-electron chi connectivity index (χ4n) is 4.54. The van der Waals surface area contributed by atoms with Gasteiger partial charge in [0, 0.05) is 23.5 Å². The number of hydrogen-bond donors (Lipinski definition) is 4. The van der Waals surface area contributed by atoms with E-state index in [1.54, 1.807) is 29.2 Å². The lowest BCUT2D eigenvalue weighted by atomic mass is 9.84. The summed E-state index contributed by atoms with van der Waals surface area (Å²) in [5.74, 6) is -0.684. The zero-order chi connectivity index (χ0) is 23.4. The predicted octanol–water partition coefficient (Wildman–Crippen LogP) is 2.75. The predicted molar refractivity (Wildman–Crippen MR) is 126 cm³/mol. The third-order valence-electron chi connectivity index (χ3n) is 6.42. The Morgan fingerprint density at radius 1 is 1.09 bits per heavy atom. The number of ether oxygens (including phenoxy) is 1. The van der Waals surface area contributed by atoms with E-state index in [1.807, 2.05) is 12.1 Å². The number of carbonyl (C=O) groups is 2. The van der Waals surface area contributed by atoms with Crippen LogP contribution < -0.4 is 16.0 Å². The van der Waals surface area contributed by atoms with Gasteiger partial charge in [0.2, 0.25) is 0 Å². The van der Waals surface area contributed by atoms with Gasteiger partial charge in [0.05, 0.1) is 6.61 Å². The van der Waals surface area contributed by atoms with Gasteiger partial charge in [0.1, 0.15) is 5.84 Å². The number of morpholine rings is 1. The minimum absolute atomic E-state index is 0.0824. The molecule has 0 bridgehead atoms. The fraction of sp³-hybridized carbons (Fsp3) is 0.400. The summed E-state index contributed by atoms with van der Waals surface area (Å²) < 4.78 is 5.49. The number of carbonyl (C=O) groups excluding carboxylic acids is 2. The monoisotopic (exact) mass is 450 g/mol. The lowest BCUT2D eigenvalue weighted by Gasteiger charge is -2.34. The first kappa shape index (κ1) is 22.9. The summed E-state index contributed by atoms with van der Waals surface area (Å²) in [6.45, 7) is 0.581. The number of anilines is 2. The van der Waals surface area contributed by atoms with Gasteiger partial charge in [-0.25, -0.2) is 0 Å². The molecular weight excluding hydrogens is 420 g/mol. The van der Waals surface area contributed by atoms with Crippen LogP contribution in [0.15, 0.2) is 48.5 Å². The molecule has 2 fully saturated rings. The maximum absolute atomic E-state index is 13.1. The van der Waals surface area contributed by atoms with Gasteiger partial charge in [-0.1, -0.05) is 31.4 Å². The van der Waals surface area contributed by atoms with Crippen LogP contribution in [0, 0.1) is 5.41 Å². The van der Waals surface area contributed by atoms with Crippen LogP contribution in [0.1, 0.15) is 49.1 Å². The number of nitrogens with one attached hydrogen (secondary N) is 2. The number of rotatable bonds is 6. The van der Waals surface area contributed by atoms with E-state index in [-0.39, 0.29) is 12.4 Å². The molecule has 0 spiro atoms. The number of amides is 2. The number of aliphatic hydroxyl groups is 1. The van der Waals surface area contributed by atoms with Gasteiger partial charge in [0.25, 0.3) is 11.8 Å². The number of nitrogens with zero attached hydrogens (tertiary/aromatic N) is 1. The van der Waals surface area contributed by atoms with Crippen molar-refractivity contribution in [1.82, 2.24) is 0 Å². The van der Waals surface area contributed by atoms with Crippen LogP contribution in [0.25, 0.3) is 0 Å². The van der Waals surface area contributed by atoms with Crippen LogP contribution >= 0.6 is 0 Å². The second-order valence-electron chi connectivity index (χ2n) is 8.63. The van der Waals surface area contributed by atoms with E-state index in [0.29, 0.717) is 23.7 Å². The molecule has 2 aromatic rings. The van der Waals surface area contributed by atoms with Crippen molar-refractivity contribution in [3.05, 3.63) is 59.7 Å². The smallest absolute Gasteiger partial charge is 0.259 e. The quantitative estimate of drug-likeness (QED) is 0.397. The van der Waals surface area contributed by atoms with Crippen molar-refractivity contribution >= 4 is 29.0 Å². The highest BCUT2D eigenvalue weighted by molar-refractivity contribution is 6.04. The Kier molecular flexibility index (Phi) is 7.05. The zero-order valence-electron chi connectivity index (χ0n) is 18.5. The fourth-order valence-corrected chi connectivity index (χ4v) is 4.54. The molecule has 2 aliphatic rings. The van der Waals surface area contributed by atoms with E-state index in [9.17, 15) is 14.7 Å². The summed E-state index contributed by atoms with van der Waals surface area (Å²) in [6, 6.07) is 14.4. The number of benzene rings is 2. The normalized spacial score (nSPS) is 20.3. The Labute approximate surface area is 193 Å². The van der Waals surface area contributed by atoms with Gasteiger partial charge in [-0.3, -0.25) is 15.0 Å². The second kappa shape index (κ2) is 10.1. The lowest BCUT2D eigenvalue weighted by Crippen LogP contribution is -2.55. The Bertz CT molecular complexity index is 1000. The highest BCUT2D eigenvalue weighted by Crippen LogP contribution is 2.33. The molecule has 0 radical (unpaired) electrons. The zero-order valence-corrected chi connectivity index (χ0v) is 18.5. The Morgan fingerprint density at radius 2 is 1.76 bits per heavy atom. The molecular formula is C25H30N4O4. The lowest BCUT2D eigenvalue weighted by molar-refractivity contribution is -0.150. The van der Waals surface area contributed by atoms with Gasteiger partial charge in [0.15, 0.2) is 12.2 Å². The first-order valence-corrected chi connectivity index (χ1v) is 11.4. The standard InChI is InChI=1S/C25H30N4O4/c26-23(27)18-6-10-19(11-7-18)28-24(31)21(30)22-25(32)29(14-15-33-22)20-12-8-17(9-13-20)16-4-2-1-3-5-16/h6-13,16,21-22,30H,1-5,14-15H2,(H3,26,27)(H,28,31)/t21-,22?/m1/s1. The van der Waals surface area contributed by atoms with Crippen LogP contribution in [-0.4, -0.2) is 48.1 Å². The topological polar surface area (TPSA) is 129 Å². The molecule has 1 heterocycles. The first-order chi connectivity index (χ1) is 15.9. The number of amidine groups is 1. The maximum Gasteiger partial charge on any atom is 0.259 e. The van der Waals surface area contributed by atoms with E-state index in [4.69, 9.17) is 15.9 Å². The average Bonchev–Trinajstić information content (AvgIpc) is 2.85. The van der Waals surface area contributed by atoms with Gasteiger partial charge < -0.3 is 25.8 Å².